The van der Waals surface area contributed by atoms with E-state index in [1.165, 1.54) is 0 Å². The van der Waals surface area contributed by atoms with Gasteiger partial charge in [0.15, 0.2) is 0 Å². The van der Waals surface area contributed by atoms with Crippen LogP contribution < -0.4 is 5.32 Å². The molecule has 0 heterocycles. The molecule has 5 heteroatoms. The monoisotopic (exact) mass is 374 g/mol. The molecule has 0 bridgehead atoms. The van der Waals surface area contributed by atoms with Gasteiger partial charge >= 0.3 is 0 Å². The predicted octanol–water partition coefficient (Wildman–Crippen LogP) is 4.29. The normalized spacial score (nSPS) is 20.1. The largest absolute Gasteiger partial charge is 0.379 e. The average Bonchev–Trinajstić information content (AvgIpc) is 2.68. The highest BCUT2D eigenvalue weighted by Gasteiger charge is 2.64. The number of hydrogen-bond donors (Lipinski definition) is 1. The molecule has 0 radical (unpaired) electrons. The Bertz CT molecular complexity index is 512. The Morgan fingerprint density at radius 1 is 1.32 bits per heavy atom. The first-order valence-electron chi connectivity index (χ1n) is 6.35. The van der Waals surface area contributed by atoms with Gasteiger partial charge in [0.05, 0.1) is 4.92 Å². The zero-order valence-electron chi connectivity index (χ0n) is 11.7. The highest BCUT2D eigenvalue weighted by atomic mass is 127. The van der Waals surface area contributed by atoms with Gasteiger partial charge in [-0.2, -0.15) is 0 Å². The molecule has 1 fully saturated rings. The summed E-state index contributed by atoms with van der Waals surface area (Å²) in [6.07, 6.45) is 0. The van der Waals surface area contributed by atoms with Crippen molar-refractivity contribution in [1.82, 2.24) is 0 Å². The molecule has 0 spiro atoms. The SMILES string of the molecule is CC1(C)C(CNc2ccc(I)cc2[N+](=O)[O-])C1(C)C. The minimum Gasteiger partial charge on any atom is -0.379 e. The molecule has 19 heavy (non-hydrogen) atoms. The van der Waals surface area contributed by atoms with Gasteiger partial charge in [-0.05, 0) is 51.5 Å². The van der Waals surface area contributed by atoms with Crippen molar-refractivity contribution in [3.05, 3.63) is 31.9 Å². The topological polar surface area (TPSA) is 55.2 Å². The van der Waals surface area contributed by atoms with Crippen LogP contribution in [0.15, 0.2) is 18.2 Å². The predicted molar refractivity (Wildman–Crippen MR) is 85.4 cm³/mol. The van der Waals surface area contributed by atoms with E-state index in [4.69, 9.17) is 0 Å². The zero-order chi connectivity index (χ0) is 14.4. The standard InChI is InChI=1S/C14H19IN2O2/c1-13(2)12(14(13,3)4)8-16-10-6-5-9(15)7-11(10)17(18)19/h5-7,12,16H,8H2,1-4H3. The molecule has 104 valence electrons. The van der Waals surface area contributed by atoms with Crippen LogP contribution in [0.1, 0.15) is 27.7 Å². The van der Waals surface area contributed by atoms with Crippen molar-refractivity contribution >= 4 is 34.0 Å². The summed E-state index contributed by atoms with van der Waals surface area (Å²) in [5.41, 5.74) is 1.35. The lowest BCUT2D eigenvalue weighted by molar-refractivity contribution is -0.384. The summed E-state index contributed by atoms with van der Waals surface area (Å²) in [7, 11) is 0. The van der Waals surface area contributed by atoms with Crippen molar-refractivity contribution in [2.24, 2.45) is 16.7 Å². The number of nitrogens with zero attached hydrogens (tertiary/aromatic N) is 1. The summed E-state index contributed by atoms with van der Waals surface area (Å²) < 4.78 is 0.877. The van der Waals surface area contributed by atoms with Crippen molar-refractivity contribution in [1.29, 1.82) is 0 Å². The second-order valence-corrected chi connectivity index (χ2v) is 7.54. The van der Waals surface area contributed by atoms with E-state index in [2.05, 4.69) is 55.6 Å². The first-order valence-corrected chi connectivity index (χ1v) is 7.43. The highest BCUT2D eigenvalue weighted by Crippen LogP contribution is 2.68. The number of nitrogens with one attached hydrogen (secondary N) is 1. The van der Waals surface area contributed by atoms with Crippen LogP contribution in [0.2, 0.25) is 0 Å². The maximum Gasteiger partial charge on any atom is 0.293 e. The molecule has 1 N–H and O–H groups in total. The van der Waals surface area contributed by atoms with Crippen LogP contribution in [0.3, 0.4) is 0 Å². The number of anilines is 1. The van der Waals surface area contributed by atoms with E-state index in [0.29, 0.717) is 11.6 Å². The number of halogens is 1. The van der Waals surface area contributed by atoms with Gasteiger partial charge in [0.25, 0.3) is 5.69 Å². The third-order valence-corrected chi connectivity index (χ3v) is 5.64. The Morgan fingerprint density at radius 3 is 2.37 bits per heavy atom. The molecule has 4 nitrogen and oxygen atoms in total. The fourth-order valence-corrected chi connectivity index (χ4v) is 3.34. The molecule has 0 atom stereocenters. The van der Waals surface area contributed by atoms with Crippen LogP contribution in [0.25, 0.3) is 0 Å². The number of hydrogen-bond acceptors (Lipinski definition) is 3. The van der Waals surface area contributed by atoms with Gasteiger partial charge in [-0.15, -0.1) is 0 Å². The third kappa shape index (κ3) is 2.44. The van der Waals surface area contributed by atoms with Gasteiger partial charge in [0, 0.05) is 16.2 Å². The number of nitro benzene ring substituents is 1. The number of nitro groups is 1. The summed E-state index contributed by atoms with van der Waals surface area (Å²) in [5, 5.41) is 14.3. The fourth-order valence-electron chi connectivity index (χ4n) is 2.86. The average molecular weight is 374 g/mol. The Kier molecular flexibility index (Phi) is 3.53. The molecule has 1 aliphatic rings. The Balaban J connectivity index is 2.11. The van der Waals surface area contributed by atoms with Crippen molar-refractivity contribution in [3.63, 3.8) is 0 Å². The summed E-state index contributed by atoms with van der Waals surface area (Å²) in [6.45, 7) is 9.79. The maximum atomic E-state index is 11.1. The molecular formula is C14H19IN2O2. The van der Waals surface area contributed by atoms with E-state index in [1.54, 1.807) is 12.1 Å². The Labute approximate surface area is 127 Å². The fraction of sp³-hybridized carbons (Fsp3) is 0.571. The molecule has 0 aliphatic heterocycles. The summed E-state index contributed by atoms with van der Waals surface area (Å²) >= 11 is 2.09. The van der Waals surface area contributed by atoms with Gasteiger partial charge in [0.2, 0.25) is 0 Å². The summed E-state index contributed by atoms with van der Waals surface area (Å²) in [4.78, 5) is 10.7. The Morgan fingerprint density at radius 2 is 1.89 bits per heavy atom. The number of rotatable bonds is 4. The molecule has 0 amide bonds. The van der Waals surface area contributed by atoms with Crippen LogP contribution in [0, 0.1) is 30.4 Å². The summed E-state index contributed by atoms with van der Waals surface area (Å²) in [5.74, 6) is 0.541. The quantitative estimate of drug-likeness (QED) is 0.486. The lowest BCUT2D eigenvalue weighted by Crippen LogP contribution is -2.09. The second kappa shape index (κ2) is 4.61. The van der Waals surface area contributed by atoms with E-state index in [1.807, 2.05) is 6.07 Å². The Hall–Kier alpha value is -0.850. The number of benzene rings is 1. The molecule has 0 unspecified atom stereocenters. The van der Waals surface area contributed by atoms with Crippen molar-refractivity contribution < 1.29 is 4.92 Å². The molecule has 1 aromatic rings. The second-order valence-electron chi connectivity index (χ2n) is 6.30. The molecule has 1 saturated carbocycles. The van der Waals surface area contributed by atoms with Gasteiger partial charge in [-0.25, -0.2) is 0 Å². The molecule has 1 aromatic carbocycles. The van der Waals surface area contributed by atoms with E-state index < -0.39 is 0 Å². The van der Waals surface area contributed by atoms with E-state index in [0.717, 1.165) is 10.1 Å². The molecular weight excluding hydrogens is 355 g/mol. The van der Waals surface area contributed by atoms with E-state index in [9.17, 15) is 10.1 Å². The molecule has 0 aromatic heterocycles. The molecule has 2 rings (SSSR count). The first-order chi connectivity index (χ1) is 8.68. The molecule has 1 aliphatic carbocycles. The van der Waals surface area contributed by atoms with Crippen LogP contribution in [-0.4, -0.2) is 11.5 Å². The summed E-state index contributed by atoms with van der Waals surface area (Å²) in [6, 6.07) is 5.29. The van der Waals surface area contributed by atoms with Crippen LogP contribution in [0.5, 0.6) is 0 Å². The van der Waals surface area contributed by atoms with Crippen LogP contribution in [0.4, 0.5) is 11.4 Å². The van der Waals surface area contributed by atoms with Crippen molar-refractivity contribution in [3.8, 4) is 0 Å². The van der Waals surface area contributed by atoms with Crippen LogP contribution >= 0.6 is 22.6 Å². The third-order valence-electron chi connectivity index (χ3n) is 4.97. The lowest BCUT2D eigenvalue weighted by atomic mass is 10.0. The molecule has 0 saturated heterocycles. The van der Waals surface area contributed by atoms with Gasteiger partial charge in [-0.3, -0.25) is 10.1 Å². The minimum absolute atomic E-state index is 0.156. The van der Waals surface area contributed by atoms with Crippen LogP contribution in [-0.2, 0) is 0 Å². The zero-order valence-corrected chi connectivity index (χ0v) is 13.8. The lowest BCUT2D eigenvalue weighted by Gasteiger charge is -2.08. The first kappa shape index (κ1) is 14.6. The van der Waals surface area contributed by atoms with Crippen molar-refractivity contribution in [2.45, 2.75) is 27.7 Å². The minimum atomic E-state index is -0.326. The van der Waals surface area contributed by atoms with Gasteiger partial charge in [0.1, 0.15) is 5.69 Å². The van der Waals surface area contributed by atoms with E-state index in [-0.39, 0.29) is 21.4 Å². The van der Waals surface area contributed by atoms with Crippen molar-refractivity contribution in [2.75, 3.05) is 11.9 Å². The maximum absolute atomic E-state index is 11.1. The van der Waals surface area contributed by atoms with Gasteiger partial charge < -0.3 is 5.32 Å². The smallest absolute Gasteiger partial charge is 0.293 e. The van der Waals surface area contributed by atoms with Gasteiger partial charge in [-0.1, -0.05) is 27.7 Å². The highest BCUT2D eigenvalue weighted by molar-refractivity contribution is 14.1. The van der Waals surface area contributed by atoms with E-state index >= 15 is 0 Å².